The number of nitrogens with zero attached hydrogens (tertiary/aromatic N) is 1. The van der Waals surface area contributed by atoms with Crippen LogP contribution in [0.5, 0.6) is 0 Å². The molecule has 92 valence electrons. The van der Waals surface area contributed by atoms with Crippen molar-refractivity contribution in [3.8, 4) is 0 Å². The van der Waals surface area contributed by atoms with E-state index in [2.05, 4.69) is 70.3 Å². The number of rotatable bonds is 1. The quantitative estimate of drug-likeness (QED) is 0.664. The summed E-state index contributed by atoms with van der Waals surface area (Å²) in [6, 6.07) is 2.35. The second-order valence-corrected chi connectivity index (χ2v) is 10.5. The number of hydrogen-bond acceptors (Lipinski definition) is 0. The second-order valence-electron chi connectivity index (χ2n) is 6.40. The highest BCUT2D eigenvalue weighted by Gasteiger charge is 2.26. The first-order valence-corrected chi connectivity index (χ1v) is 8.58. The lowest BCUT2D eigenvalue weighted by molar-refractivity contribution is -0.684. The molecule has 2 heteroatoms. The zero-order chi connectivity index (χ0) is 12.7. The van der Waals surface area contributed by atoms with E-state index in [1.807, 2.05) is 0 Å². The Morgan fingerprint density at radius 3 is 2.00 bits per heavy atom. The fourth-order valence-corrected chi connectivity index (χ4v) is 3.61. The summed E-state index contributed by atoms with van der Waals surface area (Å²) in [6.45, 7) is 9.05. The van der Waals surface area contributed by atoms with Crippen molar-refractivity contribution >= 4 is 10.0 Å². The van der Waals surface area contributed by atoms with Crippen LogP contribution in [0.15, 0.2) is 17.2 Å². The summed E-state index contributed by atoms with van der Waals surface area (Å²) in [5.74, 6) is 0. The van der Waals surface area contributed by atoms with Crippen LogP contribution in [0.2, 0.25) is 0 Å². The highest BCUT2D eigenvalue weighted by atomic mass is 32.3. The second kappa shape index (κ2) is 4.06. The Morgan fingerprint density at radius 1 is 1.12 bits per heavy atom. The molecule has 1 rings (SSSR count). The van der Waals surface area contributed by atoms with E-state index >= 15 is 0 Å². The number of pyridine rings is 1. The van der Waals surface area contributed by atoms with Gasteiger partial charge in [0, 0.05) is 11.5 Å². The molecule has 0 N–H and O–H groups in total. The van der Waals surface area contributed by atoms with Crippen LogP contribution in [-0.2, 0) is 12.5 Å². The van der Waals surface area contributed by atoms with E-state index in [1.54, 1.807) is 0 Å². The highest BCUT2D eigenvalue weighted by molar-refractivity contribution is 8.32. The van der Waals surface area contributed by atoms with Gasteiger partial charge >= 0.3 is 0 Å². The molecular weight excluding hydrogens is 214 g/mol. The van der Waals surface area contributed by atoms with Crippen molar-refractivity contribution < 1.29 is 4.57 Å². The average Bonchev–Trinajstić information content (AvgIpc) is 2.04. The largest absolute Gasteiger partial charge is 0.217 e. The van der Waals surface area contributed by atoms with Crippen LogP contribution in [0, 0.1) is 6.92 Å². The standard InChI is InChI=1S/C14H26NS/c1-11-9-13(14(2,3)4)15(5)10-12(11)16(6,7)8/h9-10H,1-8H3/q+1. The molecule has 0 amide bonds. The van der Waals surface area contributed by atoms with E-state index < -0.39 is 10.0 Å². The maximum absolute atomic E-state index is 2.35. The predicted octanol–water partition coefficient (Wildman–Crippen LogP) is 3.17. The molecule has 1 nitrogen and oxygen atoms in total. The van der Waals surface area contributed by atoms with Gasteiger partial charge in [-0.2, -0.15) is 0 Å². The predicted molar refractivity (Wildman–Crippen MR) is 74.7 cm³/mol. The SMILES string of the molecule is Cc1cc(C(C)(C)C)[n+](C)cc1S(C)(C)C. The monoisotopic (exact) mass is 240 g/mol. The first-order chi connectivity index (χ1) is 7.03. The van der Waals surface area contributed by atoms with Crippen LogP contribution < -0.4 is 4.57 Å². The van der Waals surface area contributed by atoms with Crippen LogP contribution in [0.25, 0.3) is 0 Å². The lowest BCUT2D eigenvalue weighted by Crippen LogP contribution is -2.40. The van der Waals surface area contributed by atoms with E-state index in [4.69, 9.17) is 0 Å². The maximum Gasteiger partial charge on any atom is 0.186 e. The fraction of sp³-hybridized carbons (Fsp3) is 0.643. The van der Waals surface area contributed by atoms with Crippen LogP contribution >= 0.6 is 10.0 Å². The molecule has 0 radical (unpaired) electrons. The van der Waals surface area contributed by atoms with E-state index in [0.717, 1.165) is 0 Å². The Balaban J connectivity index is 3.40. The summed E-state index contributed by atoms with van der Waals surface area (Å²) in [4.78, 5) is 1.52. The van der Waals surface area contributed by atoms with E-state index in [9.17, 15) is 0 Å². The molecule has 0 aliphatic rings. The van der Waals surface area contributed by atoms with Gasteiger partial charge in [0.05, 0.1) is 4.90 Å². The van der Waals surface area contributed by atoms with Crippen LogP contribution in [0.4, 0.5) is 0 Å². The third kappa shape index (κ3) is 2.79. The zero-order valence-electron chi connectivity index (χ0n) is 12.0. The minimum absolute atomic E-state index is 0.214. The van der Waals surface area contributed by atoms with Gasteiger partial charge < -0.3 is 0 Å². The van der Waals surface area contributed by atoms with Crippen molar-refractivity contribution in [3.63, 3.8) is 0 Å². The van der Waals surface area contributed by atoms with Crippen molar-refractivity contribution in [1.29, 1.82) is 0 Å². The molecule has 1 aromatic heterocycles. The molecule has 0 bridgehead atoms. The summed E-state index contributed by atoms with van der Waals surface area (Å²) in [5.41, 5.74) is 3.05. The van der Waals surface area contributed by atoms with E-state index in [0.29, 0.717) is 0 Å². The van der Waals surface area contributed by atoms with Crippen molar-refractivity contribution in [2.45, 2.75) is 38.0 Å². The molecule has 1 aromatic rings. The summed E-state index contributed by atoms with van der Waals surface area (Å²) < 4.78 is 2.29. The topological polar surface area (TPSA) is 3.88 Å². The lowest BCUT2D eigenvalue weighted by Gasteiger charge is -2.27. The Bertz CT molecular complexity index is 355. The van der Waals surface area contributed by atoms with Gasteiger partial charge in [-0.05, 0) is 31.3 Å². The smallest absolute Gasteiger partial charge is 0.186 e. The molecular formula is C14H26NS+. The van der Waals surface area contributed by atoms with Crippen LogP contribution in [0.3, 0.4) is 0 Å². The van der Waals surface area contributed by atoms with Gasteiger partial charge in [0.15, 0.2) is 11.9 Å². The third-order valence-corrected chi connectivity index (χ3v) is 4.61. The summed E-state index contributed by atoms with van der Waals surface area (Å²) in [7, 11) is 1.52. The molecule has 0 saturated heterocycles. The first-order valence-electron chi connectivity index (χ1n) is 5.72. The molecule has 0 aliphatic heterocycles. The summed E-state index contributed by atoms with van der Waals surface area (Å²) in [5, 5.41) is 0. The molecule has 0 unspecified atom stereocenters. The molecule has 0 spiro atoms. The van der Waals surface area contributed by atoms with Crippen molar-refractivity contribution in [2.75, 3.05) is 18.8 Å². The normalized spacial score (nSPS) is 14.0. The Kier molecular flexibility index (Phi) is 3.45. The lowest BCUT2D eigenvalue weighted by atomic mass is 9.90. The summed E-state index contributed by atoms with van der Waals surface area (Å²) >= 11 is 0. The van der Waals surface area contributed by atoms with Crippen molar-refractivity contribution in [1.82, 2.24) is 0 Å². The van der Waals surface area contributed by atoms with Gasteiger partial charge in [-0.3, -0.25) is 0 Å². The van der Waals surface area contributed by atoms with Gasteiger partial charge in [-0.25, -0.2) is 14.6 Å². The molecule has 16 heavy (non-hydrogen) atoms. The third-order valence-electron chi connectivity index (χ3n) is 2.86. The highest BCUT2D eigenvalue weighted by Crippen LogP contribution is 2.46. The van der Waals surface area contributed by atoms with Crippen LogP contribution in [0.1, 0.15) is 32.0 Å². The minimum atomic E-state index is -0.639. The number of aromatic nitrogens is 1. The number of aryl methyl sites for hydroxylation is 2. The van der Waals surface area contributed by atoms with E-state index in [-0.39, 0.29) is 5.41 Å². The van der Waals surface area contributed by atoms with Gasteiger partial charge in [-0.1, -0.05) is 20.8 Å². The molecule has 0 fully saturated rings. The van der Waals surface area contributed by atoms with Gasteiger partial charge in [0.1, 0.15) is 7.05 Å². The van der Waals surface area contributed by atoms with Crippen LogP contribution in [-0.4, -0.2) is 18.8 Å². The first kappa shape index (κ1) is 13.6. The maximum atomic E-state index is 2.35. The van der Waals surface area contributed by atoms with Gasteiger partial charge in [0.2, 0.25) is 0 Å². The van der Waals surface area contributed by atoms with Crippen molar-refractivity contribution in [2.24, 2.45) is 7.05 Å². The Hall–Kier alpha value is -0.500. The van der Waals surface area contributed by atoms with Crippen molar-refractivity contribution in [3.05, 3.63) is 23.5 Å². The molecule has 0 aromatic carbocycles. The number of hydrogen-bond donors (Lipinski definition) is 0. The average molecular weight is 240 g/mol. The molecule has 1 heterocycles. The van der Waals surface area contributed by atoms with Gasteiger partial charge in [-0.15, -0.1) is 0 Å². The molecule has 0 aliphatic carbocycles. The van der Waals surface area contributed by atoms with E-state index in [1.165, 1.54) is 16.2 Å². The molecule has 0 atom stereocenters. The molecule has 0 saturated carbocycles. The zero-order valence-corrected chi connectivity index (χ0v) is 12.8. The Morgan fingerprint density at radius 2 is 1.62 bits per heavy atom. The minimum Gasteiger partial charge on any atom is -0.217 e. The summed E-state index contributed by atoms with van der Waals surface area (Å²) in [6.07, 6.45) is 9.38. The fourth-order valence-electron chi connectivity index (χ4n) is 2.11. The Labute approximate surface area is 102 Å². The van der Waals surface area contributed by atoms with Gasteiger partial charge in [0.25, 0.3) is 0 Å².